The van der Waals surface area contributed by atoms with Crippen LogP contribution < -0.4 is 5.32 Å². The van der Waals surface area contributed by atoms with Crippen molar-refractivity contribution in [3.8, 4) is 0 Å². The van der Waals surface area contributed by atoms with Gasteiger partial charge in [-0.1, -0.05) is 11.8 Å². The molecule has 23 heavy (non-hydrogen) atoms. The van der Waals surface area contributed by atoms with Gasteiger partial charge < -0.3 is 10.1 Å². The van der Waals surface area contributed by atoms with Crippen molar-refractivity contribution < 1.29 is 9.53 Å². The van der Waals surface area contributed by atoms with Crippen LogP contribution in [-0.4, -0.2) is 40.9 Å². The summed E-state index contributed by atoms with van der Waals surface area (Å²) in [4.78, 5) is 23.4. The number of carbonyl (C=O) groups excluding carboxylic acids is 1. The molecule has 0 radical (unpaired) electrons. The summed E-state index contributed by atoms with van der Waals surface area (Å²) in [6.07, 6.45) is 2.30. The first kappa shape index (κ1) is 16.7. The molecule has 0 aliphatic carbocycles. The van der Waals surface area contributed by atoms with Gasteiger partial charge >= 0.3 is 0 Å². The van der Waals surface area contributed by atoms with Crippen molar-refractivity contribution in [2.75, 3.05) is 18.9 Å². The van der Waals surface area contributed by atoms with E-state index in [2.05, 4.69) is 29.1 Å². The minimum atomic E-state index is 0.0273. The highest BCUT2D eigenvalue weighted by Gasteiger charge is 2.17. The van der Waals surface area contributed by atoms with Crippen molar-refractivity contribution in [3.63, 3.8) is 0 Å². The molecule has 124 valence electrons. The average Bonchev–Trinajstić information content (AvgIpc) is 3.12. The number of rotatable bonds is 5. The van der Waals surface area contributed by atoms with Gasteiger partial charge in [0, 0.05) is 23.4 Å². The molecule has 1 saturated heterocycles. The Kier molecular flexibility index (Phi) is 5.18. The van der Waals surface area contributed by atoms with Gasteiger partial charge in [0.25, 0.3) is 0 Å². The number of aryl methyl sites for hydroxylation is 3. The molecule has 2 aromatic rings. The van der Waals surface area contributed by atoms with Crippen molar-refractivity contribution in [2.45, 2.75) is 44.7 Å². The molecule has 0 aromatic carbocycles. The third-order valence-electron chi connectivity index (χ3n) is 4.00. The van der Waals surface area contributed by atoms with E-state index >= 15 is 0 Å². The number of thioether (sulfide) groups is 1. The van der Waals surface area contributed by atoms with Crippen LogP contribution in [0.2, 0.25) is 0 Å². The van der Waals surface area contributed by atoms with E-state index in [1.807, 2.05) is 6.92 Å². The highest BCUT2D eigenvalue weighted by atomic mass is 32.2. The van der Waals surface area contributed by atoms with Crippen LogP contribution in [0.25, 0.3) is 10.2 Å². The van der Waals surface area contributed by atoms with Gasteiger partial charge in [-0.3, -0.25) is 4.79 Å². The molecule has 1 amide bonds. The molecule has 0 bridgehead atoms. The van der Waals surface area contributed by atoms with Crippen LogP contribution >= 0.6 is 23.1 Å². The fraction of sp³-hybridized carbons (Fsp3) is 0.562. The van der Waals surface area contributed by atoms with Gasteiger partial charge in [0.05, 0.1) is 11.9 Å². The van der Waals surface area contributed by atoms with Gasteiger partial charge in [0.15, 0.2) is 0 Å². The number of fused-ring (bicyclic) bond motifs is 1. The molecule has 7 heteroatoms. The Morgan fingerprint density at radius 3 is 2.96 bits per heavy atom. The normalized spacial score (nSPS) is 17.8. The fourth-order valence-electron chi connectivity index (χ4n) is 2.64. The minimum Gasteiger partial charge on any atom is -0.376 e. The second-order valence-electron chi connectivity index (χ2n) is 5.77. The van der Waals surface area contributed by atoms with E-state index < -0.39 is 0 Å². The number of hydrogen-bond donors (Lipinski definition) is 1. The number of carbonyl (C=O) groups is 1. The van der Waals surface area contributed by atoms with Gasteiger partial charge in [0.2, 0.25) is 5.91 Å². The maximum Gasteiger partial charge on any atom is 0.230 e. The third-order valence-corrected chi connectivity index (χ3v) is 6.07. The van der Waals surface area contributed by atoms with E-state index in [1.54, 1.807) is 11.3 Å². The molecular weight excluding hydrogens is 330 g/mol. The molecule has 0 saturated carbocycles. The van der Waals surface area contributed by atoms with Crippen LogP contribution in [0, 0.1) is 20.8 Å². The predicted molar refractivity (Wildman–Crippen MR) is 94.3 cm³/mol. The number of hydrogen-bond acceptors (Lipinski definition) is 6. The monoisotopic (exact) mass is 351 g/mol. The number of nitrogens with zero attached hydrogens (tertiary/aromatic N) is 2. The van der Waals surface area contributed by atoms with Crippen molar-refractivity contribution in [1.82, 2.24) is 15.3 Å². The highest BCUT2D eigenvalue weighted by Crippen LogP contribution is 2.34. The molecule has 3 heterocycles. The first-order valence-corrected chi connectivity index (χ1v) is 9.60. The summed E-state index contributed by atoms with van der Waals surface area (Å²) in [5.41, 5.74) is 1.22. The van der Waals surface area contributed by atoms with Crippen LogP contribution in [0.3, 0.4) is 0 Å². The lowest BCUT2D eigenvalue weighted by molar-refractivity contribution is -0.119. The van der Waals surface area contributed by atoms with E-state index in [0.717, 1.165) is 40.5 Å². The standard InChI is InChI=1S/C16H21N3O2S2/c1-9-10(2)23-16-14(9)15(18-11(3)19-16)22-8-13(20)17-7-12-5-4-6-21-12/h12H,4-8H2,1-3H3,(H,17,20)/t12-/m0/s1. The van der Waals surface area contributed by atoms with E-state index in [0.29, 0.717) is 12.3 Å². The molecule has 0 spiro atoms. The summed E-state index contributed by atoms with van der Waals surface area (Å²) in [6.45, 7) is 7.50. The lowest BCUT2D eigenvalue weighted by Crippen LogP contribution is -2.32. The van der Waals surface area contributed by atoms with Crippen LogP contribution in [-0.2, 0) is 9.53 Å². The lowest BCUT2D eigenvalue weighted by atomic mass is 10.2. The molecule has 1 N–H and O–H groups in total. The van der Waals surface area contributed by atoms with Crippen LogP contribution in [0.1, 0.15) is 29.1 Å². The van der Waals surface area contributed by atoms with E-state index in [-0.39, 0.29) is 12.0 Å². The second kappa shape index (κ2) is 7.15. The van der Waals surface area contributed by atoms with Crippen molar-refractivity contribution in [1.29, 1.82) is 0 Å². The van der Waals surface area contributed by atoms with Crippen molar-refractivity contribution in [2.24, 2.45) is 0 Å². The maximum absolute atomic E-state index is 12.1. The topological polar surface area (TPSA) is 64.1 Å². The Morgan fingerprint density at radius 2 is 2.22 bits per heavy atom. The highest BCUT2D eigenvalue weighted by molar-refractivity contribution is 8.00. The van der Waals surface area contributed by atoms with Gasteiger partial charge in [0.1, 0.15) is 15.7 Å². The van der Waals surface area contributed by atoms with Crippen LogP contribution in [0.5, 0.6) is 0 Å². The fourth-order valence-corrected chi connectivity index (χ4v) is 4.74. The predicted octanol–water partition coefficient (Wildman–Crippen LogP) is 3.00. The number of ether oxygens (including phenoxy) is 1. The minimum absolute atomic E-state index is 0.0273. The first-order valence-electron chi connectivity index (χ1n) is 7.80. The van der Waals surface area contributed by atoms with Gasteiger partial charge in [-0.05, 0) is 39.2 Å². The van der Waals surface area contributed by atoms with Crippen LogP contribution in [0.15, 0.2) is 5.03 Å². The molecule has 1 aliphatic heterocycles. The SMILES string of the molecule is Cc1nc(SCC(=O)NC[C@@H]2CCCO2)c2c(C)c(C)sc2n1. The lowest BCUT2D eigenvalue weighted by Gasteiger charge is -2.10. The molecular formula is C16H21N3O2S2. The molecule has 1 atom stereocenters. The maximum atomic E-state index is 12.1. The number of thiophene rings is 1. The Morgan fingerprint density at radius 1 is 1.39 bits per heavy atom. The zero-order chi connectivity index (χ0) is 16.4. The number of aromatic nitrogens is 2. The summed E-state index contributed by atoms with van der Waals surface area (Å²) in [7, 11) is 0. The Balaban J connectivity index is 1.65. The summed E-state index contributed by atoms with van der Waals surface area (Å²) in [5.74, 6) is 1.15. The van der Waals surface area contributed by atoms with Crippen molar-refractivity contribution in [3.05, 3.63) is 16.3 Å². The van der Waals surface area contributed by atoms with E-state index in [9.17, 15) is 4.79 Å². The number of nitrogens with one attached hydrogen (secondary N) is 1. The smallest absolute Gasteiger partial charge is 0.230 e. The Bertz CT molecular complexity index is 724. The van der Waals surface area contributed by atoms with E-state index in [1.165, 1.54) is 22.2 Å². The van der Waals surface area contributed by atoms with Gasteiger partial charge in [-0.2, -0.15) is 0 Å². The zero-order valence-corrected chi connectivity index (χ0v) is 15.3. The van der Waals surface area contributed by atoms with Crippen molar-refractivity contribution >= 4 is 39.2 Å². The molecule has 3 rings (SSSR count). The summed E-state index contributed by atoms with van der Waals surface area (Å²) >= 11 is 3.17. The Labute approximate surface area is 144 Å². The molecule has 1 aliphatic rings. The van der Waals surface area contributed by atoms with Gasteiger partial charge in [-0.25, -0.2) is 9.97 Å². The number of amides is 1. The average molecular weight is 351 g/mol. The largest absolute Gasteiger partial charge is 0.376 e. The molecule has 0 unspecified atom stereocenters. The van der Waals surface area contributed by atoms with Crippen LogP contribution in [0.4, 0.5) is 0 Å². The zero-order valence-electron chi connectivity index (χ0n) is 13.6. The van der Waals surface area contributed by atoms with E-state index in [4.69, 9.17) is 4.74 Å². The first-order chi connectivity index (χ1) is 11.0. The summed E-state index contributed by atoms with van der Waals surface area (Å²) in [5, 5.41) is 4.95. The molecule has 1 fully saturated rings. The summed E-state index contributed by atoms with van der Waals surface area (Å²) < 4.78 is 5.52. The third kappa shape index (κ3) is 3.84. The summed E-state index contributed by atoms with van der Waals surface area (Å²) in [6, 6.07) is 0. The molecule has 5 nitrogen and oxygen atoms in total. The Hall–Kier alpha value is -1.18. The van der Waals surface area contributed by atoms with Gasteiger partial charge in [-0.15, -0.1) is 11.3 Å². The quantitative estimate of drug-likeness (QED) is 0.663. The molecule has 2 aromatic heterocycles. The second-order valence-corrected chi connectivity index (χ2v) is 7.93.